The zero-order valence-electron chi connectivity index (χ0n) is 17.6. The third kappa shape index (κ3) is 5.41. The first-order valence-corrected chi connectivity index (χ1v) is 10.2. The van der Waals surface area contributed by atoms with Gasteiger partial charge in [0.15, 0.2) is 0 Å². The molecule has 2 N–H and O–H groups in total. The van der Waals surface area contributed by atoms with E-state index in [9.17, 15) is 9.59 Å². The summed E-state index contributed by atoms with van der Waals surface area (Å²) in [6.45, 7) is 3.70. The lowest BCUT2D eigenvalue weighted by atomic mass is 10.0. The Bertz CT molecular complexity index is 1110. The highest BCUT2D eigenvalue weighted by Crippen LogP contribution is 2.26. The molecule has 0 aliphatic heterocycles. The van der Waals surface area contributed by atoms with Crippen LogP contribution in [0.2, 0.25) is 5.02 Å². The van der Waals surface area contributed by atoms with Crippen molar-refractivity contribution in [2.24, 2.45) is 11.0 Å². The van der Waals surface area contributed by atoms with Crippen LogP contribution in [0.4, 0.5) is 0 Å². The van der Waals surface area contributed by atoms with Crippen molar-refractivity contribution in [1.82, 2.24) is 10.7 Å². The summed E-state index contributed by atoms with van der Waals surface area (Å²) in [5.41, 5.74) is 3.71. The molecule has 0 saturated carbocycles. The Balaban J connectivity index is 1.75. The lowest BCUT2D eigenvalue weighted by molar-refractivity contribution is -0.123. The largest absolute Gasteiger partial charge is 0.496 e. The molecule has 0 aromatic heterocycles. The second-order valence-electron chi connectivity index (χ2n) is 7.34. The minimum absolute atomic E-state index is 0.140. The number of ether oxygens (including phenoxy) is 1. The Morgan fingerprint density at radius 2 is 1.74 bits per heavy atom. The van der Waals surface area contributed by atoms with Crippen molar-refractivity contribution in [2.75, 3.05) is 7.11 Å². The van der Waals surface area contributed by atoms with E-state index in [0.717, 1.165) is 16.3 Å². The smallest absolute Gasteiger partial charge is 0.262 e. The molecule has 31 heavy (non-hydrogen) atoms. The second-order valence-corrected chi connectivity index (χ2v) is 7.78. The van der Waals surface area contributed by atoms with Crippen molar-refractivity contribution >= 4 is 40.4 Å². The Morgan fingerprint density at radius 1 is 1.03 bits per heavy atom. The normalized spacial score (nSPS) is 12.2. The highest BCUT2D eigenvalue weighted by molar-refractivity contribution is 6.30. The van der Waals surface area contributed by atoms with Crippen molar-refractivity contribution in [3.63, 3.8) is 0 Å². The third-order valence-electron chi connectivity index (χ3n) is 4.86. The van der Waals surface area contributed by atoms with Crippen molar-refractivity contribution < 1.29 is 14.3 Å². The number of carbonyl (C=O) groups is 2. The number of rotatable bonds is 7. The zero-order chi connectivity index (χ0) is 22.4. The highest BCUT2D eigenvalue weighted by Gasteiger charge is 2.24. The van der Waals surface area contributed by atoms with Crippen LogP contribution < -0.4 is 15.5 Å². The number of hydrazone groups is 1. The van der Waals surface area contributed by atoms with Gasteiger partial charge in [0.05, 0.1) is 13.3 Å². The van der Waals surface area contributed by atoms with E-state index in [1.54, 1.807) is 37.6 Å². The molecule has 160 valence electrons. The fourth-order valence-corrected chi connectivity index (χ4v) is 3.30. The zero-order valence-corrected chi connectivity index (χ0v) is 18.3. The lowest BCUT2D eigenvalue weighted by Crippen LogP contribution is -2.48. The molecule has 6 nitrogen and oxygen atoms in total. The molecule has 3 aromatic carbocycles. The van der Waals surface area contributed by atoms with Crippen LogP contribution in [0, 0.1) is 5.92 Å². The summed E-state index contributed by atoms with van der Waals surface area (Å²) in [7, 11) is 1.58. The standard InChI is InChI=1S/C24H24ClN3O3/c1-15(2)22(27-23(29)17-8-11-18(25)12-9-17)24(30)28-26-14-20-19-7-5-4-6-16(19)10-13-21(20)31-3/h4-15,22H,1-3H3,(H,27,29)(H,28,30)/b26-14+. The third-order valence-corrected chi connectivity index (χ3v) is 5.11. The van der Waals surface area contributed by atoms with Gasteiger partial charge in [-0.2, -0.15) is 5.10 Å². The van der Waals surface area contributed by atoms with Gasteiger partial charge >= 0.3 is 0 Å². The highest BCUT2D eigenvalue weighted by atomic mass is 35.5. The van der Waals surface area contributed by atoms with Crippen molar-refractivity contribution in [3.05, 3.63) is 76.8 Å². The number of hydrogen-bond acceptors (Lipinski definition) is 4. The fraction of sp³-hybridized carbons (Fsp3) is 0.208. The van der Waals surface area contributed by atoms with Crippen molar-refractivity contribution in [2.45, 2.75) is 19.9 Å². The fourth-order valence-electron chi connectivity index (χ4n) is 3.18. The molecular weight excluding hydrogens is 414 g/mol. The van der Waals surface area contributed by atoms with Gasteiger partial charge in [0.1, 0.15) is 11.8 Å². The predicted octanol–water partition coefficient (Wildman–Crippen LogP) is 4.41. The number of carbonyl (C=O) groups excluding carboxylic acids is 2. The molecule has 0 aliphatic rings. The SMILES string of the molecule is COc1ccc2ccccc2c1/C=N/NC(=O)C(NC(=O)c1ccc(Cl)cc1)C(C)C. The minimum atomic E-state index is -0.755. The Labute approximate surface area is 186 Å². The van der Waals surface area contributed by atoms with Crippen molar-refractivity contribution in [1.29, 1.82) is 0 Å². The van der Waals surface area contributed by atoms with E-state index in [4.69, 9.17) is 16.3 Å². The maximum Gasteiger partial charge on any atom is 0.262 e. The van der Waals surface area contributed by atoms with Gasteiger partial charge < -0.3 is 10.1 Å². The van der Waals surface area contributed by atoms with Crippen LogP contribution in [0.1, 0.15) is 29.8 Å². The molecule has 0 spiro atoms. The summed E-state index contributed by atoms with van der Waals surface area (Å²) in [5.74, 6) is -0.260. The number of benzene rings is 3. The second kappa shape index (κ2) is 10.1. The molecule has 7 heteroatoms. The molecule has 2 amide bonds. The minimum Gasteiger partial charge on any atom is -0.496 e. The summed E-state index contributed by atoms with van der Waals surface area (Å²) >= 11 is 5.87. The van der Waals surface area contributed by atoms with Gasteiger partial charge in [-0.3, -0.25) is 9.59 Å². The molecule has 1 unspecified atom stereocenters. The van der Waals surface area contributed by atoms with Crippen LogP contribution in [0.15, 0.2) is 65.8 Å². The van der Waals surface area contributed by atoms with E-state index in [0.29, 0.717) is 16.3 Å². The van der Waals surface area contributed by atoms with E-state index >= 15 is 0 Å². The average Bonchev–Trinajstić information content (AvgIpc) is 2.77. The van der Waals surface area contributed by atoms with Crippen LogP contribution in [-0.4, -0.2) is 31.2 Å². The number of halogens is 1. The van der Waals surface area contributed by atoms with Gasteiger partial charge in [0, 0.05) is 16.1 Å². The quantitative estimate of drug-likeness (QED) is 0.424. The summed E-state index contributed by atoms with van der Waals surface area (Å²) < 4.78 is 5.44. The maximum atomic E-state index is 12.7. The van der Waals surface area contributed by atoms with Gasteiger partial charge in [-0.25, -0.2) is 5.43 Å². The Kier molecular flexibility index (Phi) is 7.26. The molecule has 0 bridgehead atoms. The summed E-state index contributed by atoms with van der Waals surface area (Å²) in [6.07, 6.45) is 1.55. The van der Waals surface area contributed by atoms with E-state index in [-0.39, 0.29) is 11.8 Å². The molecule has 0 heterocycles. The Morgan fingerprint density at radius 3 is 2.42 bits per heavy atom. The molecule has 1 atom stereocenters. The number of hydrogen-bond donors (Lipinski definition) is 2. The van der Waals surface area contributed by atoms with Crippen LogP contribution in [0.25, 0.3) is 10.8 Å². The Hall–Kier alpha value is -3.38. The molecule has 0 aliphatic carbocycles. The van der Waals surface area contributed by atoms with Gasteiger partial charge in [-0.15, -0.1) is 0 Å². The van der Waals surface area contributed by atoms with Crippen LogP contribution in [-0.2, 0) is 4.79 Å². The van der Waals surface area contributed by atoms with Crippen LogP contribution in [0.5, 0.6) is 5.75 Å². The summed E-state index contributed by atoms with van der Waals surface area (Å²) in [5, 5.41) is 9.41. The van der Waals surface area contributed by atoms with Crippen LogP contribution in [0.3, 0.4) is 0 Å². The number of nitrogens with one attached hydrogen (secondary N) is 2. The molecule has 0 saturated heterocycles. The first-order chi connectivity index (χ1) is 14.9. The number of methoxy groups -OCH3 is 1. The van der Waals surface area contributed by atoms with Crippen LogP contribution >= 0.6 is 11.6 Å². The first kappa shape index (κ1) is 22.3. The molecule has 0 fully saturated rings. The first-order valence-electron chi connectivity index (χ1n) is 9.85. The number of fused-ring (bicyclic) bond motifs is 1. The van der Waals surface area contributed by atoms with Gasteiger partial charge in [0.2, 0.25) is 0 Å². The molecule has 3 aromatic rings. The monoisotopic (exact) mass is 437 g/mol. The molecule has 3 rings (SSSR count). The number of nitrogens with zero attached hydrogens (tertiary/aromatic N) is 1. The van der Waals surface area contributed by atoms with E-state index in [2.05, 4.69) is 15.8 Å². The molecule has 0 radical (unpaired) electrons. The topological polar surface area (TPSA) is 79.8 Å². The van der Waals surface area contributed by atoms with Gasteiger partial charge in [-0.1, -0.05) is 55.8 Å². The van der Waals surface area contributed by atoms with E-state index in [1.807, 2.05) is 50.2 Å². The van der Waals surface area contributed by atoms with Gasteiger partial charge in [0.25, 0.3) is 11.8 Å². The van der Waals surface area contributed by atoms with E-state index in [1.165, 1.54) is 0 Å². The molecular formula is C24H24ClN3O3. The average molecular weight is 438 g/mol. The lowest BCUT2D eigenvalue weighted by Gasteiger charge is -2.20. The number of amides is 2. The summed E-state index contributed by atoms with van der Waals surface area (Å²) in [4.78, 5) is 25.2. The van der Waals surface area contributed by atoms with Crippen molar-refractivity contribution in [3.8, 4) is 5.75 Å². The van der Waals surface area contributed by atoms with Gasteiger partial charge in [-0.05, 0) is 47.0 Å². The summed E-state index contributed by atoms with van der Waals surface area (Å²) in [6, 6.07) is 17.4. The predicted molar refractivity (Wildman–Crippen MR) is 124 cm³/mol. The van der Waals surface area contributed by atoms with E-state index < -0.39 is 11.9 Å². The maximum absolute atomic E-state index is 12.7.